The van der Waals surface area contributed by atoms with Crippen molar-refractivity contribution in [2.24, 2.45) is 0 Å². The molecule has 3 heterocycles. The summed E-state index contributed by atoms with van der Waals surface area (Å²) in [6.45, 7) is 0. The van der Waals surface area contributed by atoms with Crippen LogP contribution in [0.3, 0.4) is 0 Å². The highest BCUT2D eigenvalue weighted by Crippen LogP contribution is 2.42. The first-order chi connectivity index (χ1) is 30.7. The smallest absolute Gasteiger partial charge is 0.238 e. The Hall–Kier alpha value is -8.41. The van der Waals surface area contributed by atoms with Gasteiger partial charge in [-0.1, -0.05) is 170 Å². The van der Waals surface area contributed by atoms with Gasteiger partial charge in [0.2, 0.25) is 5.95 Å². The summed E-state index contributed by atoms with van der Waals surface area (Å²) in [4.78, 5) is 16.0. The third-order valence-electron chi connectivity index (χ3n) is 12.4. The van der Waals surface area contributed by atoms with Crippen molar-refractivity contribution in [1.82, 2.24) is 19.5 Å². The molecule has 0 aliphatic rings. The molecule has 0 aliphatic carbocycles. The van der Waals surface area contributed by atoms with Crippen molar-refractivity contribution < 1.29 is 4.42 Å². The highest BCUT2D eigenvalue weighted by atomic mass is 16.3. The number of rotatable bonds is 5. The van der Waals surface area contributed by atoms with Crippen LogP contribution in [0.1, 0.15) is 0 Å². The second-order valence-corrected chi connectivity index (χ2v) is 16.0. The van der Waals surface area contributed by atoms with Crippen LogP contribution in [0.2, 0.25) is 0 Å². The topological polar surface area (TPSA) is 56.7 Å². The Labute approximate surface area is 355 Å². The monoisotopic (exact) mass is 790 g/mol. The first-order valence-electron chi connectivity index (χ1n) is 20.9. The summed E-state index contributed by atoms with van der Waals surface area (Å²) in [6.07, 6.45) is 0. The second-order valence-electron chi connectivity index (χ2n) is 16.0. The number of aromatic nitrogens is 4. The van der Waals surface area contributed by atoms with Gasteiger partial charge in [-0.3, -0.25) is 4.57 Å². The maximum atomic E-state index is 6.62. The van der Waals surface area contributed by atoms with Crippen molar-refractivity contribution in [2.45, 2.75) is 0 Å². The Morgan fingerprint density at radius 1 is 0.339 bits per heavy atom. The summed E-state index contributed by atoms with van der Waals surface area (Å²) in [5.74, 6) is 1.75. The second kappa shape index (κ2) is 13.6. The van der Waals surface area contributed by atoms with Gasteiger partial charge >= 0.3 is 0 Å². The molecule has 0 fully saturated rings. The lowest BCUT2D eigenvalue weighted by molar-refractivity contribution is 0.669. The van der Waals surface area contributed by atoms with Crippen LogP contribution in [-0.2, 0) is 0 Å². The van der Waals surface area contributed by atoms with Crippen molar-refractivity contribution in [2.75, 3.05) is 0 Å². The van der Waals surface area contributed by atoms with Crippen LogP contribution in [0.4, 0.5) is 0 Å². The molecule has 5 heteroatoms. The summed E-state index contributed by atoms with van der Waals surface area (Å²) < 4.78 is 8.86. The van der Waals surface area contributed by atoms with Crippen molar-refractivity contribution in [3.05, 3.63) is 206 Å². The molecule has 10 aromatic carbocycles. The van der Waals surface area contributed by atoms with Gasteiger partial charge in [-0.15, -0.1) is 0 Å². The quantitative estimate of drug-likeness (QED) is 0.174. The number of para-hydroxylation sites is 1. The number of benzene rings is 10. The zero-order valence-electron chi connectivity index (χ0n) is 33.3. The molecule has 5 nitrogen and oxygen atoms in total. The van der Waals surface area contributed by atoms with Crippen LogP contribution in [0.25, 0.3) is 127 Å². The van der Waals surface area contributed by atoms with E-state index in [1.54, 1.807) is 0 Å². The van der Waals surface area contributed by atoms with E-state index in [1.165, 1.54) is 16.2 Å². The number of hydrogen-bond donors (Lipinski definition) is 0. The Kier molecular flexibility index (Phi) is 7.54. The van der Waals surface area contributed by atoms with Crippen LogP contribution in [0.5, 0.6) is 0 Å². The summed E-state index contributed by atoms with van der Waals surface area (Å²) >= 11 is 0. The zero-order chi connectivity index (χ0) is 40.7. The van der Waals surface area contributed by atoms with Gasteiger partial charge in [-0.2, -0.15) is 9.97 Å². The fourth-order valence-electron chi connectivity index (χ4n) is 9.40. The highest BCUT2D eigenvalue weighted by Gasteiger charge is 2.22. The van der Waals surface area contributed by atoms with Crippen LogP contribution in [-0.4, -0.2) is 19.5 Å². The third-order valence-corrected chi connectivity index (χ3v) is 12.4. The molecular weight excluding hydrogens is 757 g/mol. The molecule has 0 saturated heterocycles. The normalized spacial score (nSPS) is 11.9. The molecule has 0 amide bonds. The maximum absolute atomic E-state index is 6.62. The predicted octanol–water partition coefficient (Wildman–Crippen LogP) is 15.0. The van der Waals surface area contributed by atoms with Gasteiger partial charge in [0.05, 0.1) is 11.0 Å². The van der Waals surface area contributed by atoms with Crippen LogP contribution >= 0.6 is 0 Å². The first-order valence-corrected chi connectivity index (χ1v) is 20.9. The lowest BCUT2D eigenvalue weighted by Crippen LogP contribution is -2.07. The van der Waals surface area contributed by atoms with Gasteiger partial charge in [0.1, 0.15) is 11.2 Å². The van der Waals surface area contributed by atoms with Gasteiger partial charge in [-0.25, -0.2) is 4.98 Å². The minimum atomic E-state index is 0.546. The van der Waals surface area contributed by atoms with E-state index in [0.29, 0.717) is 17.6 Å². The minimum absolute atomic E-state index is 0.546. The molecule has 0 saturated carbocycles. The van der Waals surface area contributed by atoms with Crippen LogP contribution in [0.15, 0.2) is 211 Å². The number of hydrogen-bond acceptors (Lipinski definition) is 4. The Morgan fingerprint density at radius 3 is 1.77 bits per heavy atom. The third kappa shape index (κ3) is 5.45. The molecule has 0 bridgehead atoms. The van der Waals surface area contributed by atoms with Crippen molar-refractivity contribution >= 4 is 76.1 Å². The molecule has 0 aliphatic heterocycles. The summed E-state index contributed by atoms with van der Waals surface area (Å²) in [7, 11) is 0. The van der Waals surface area contributed by atoms with E-state index >= 15 is 0 Å². The molecule has 288 valence electrons. The van der Waals surface area contributed by atoms with Gasteiger partial charge in [0.25, 0.3) is 0 Å². The molecule has 0 unspecified atom stereocenters. The lowest BCUT2D eigenvalue weighted by Gasteiger charge is -2.13. The van der Waals surface area contributed by atoms with Crippen molar-refractivity contribution in [1.29, 1.82) is 0 Å². The standard InChI is InChI=1S/C57H34N4O/c1-2-11-35(12-3-1)37-21-24-39(25-22-37)55-58-56(44-26-23-36-13-4-5-15-40(36)31-44)60-57(59-55)61-50-33-42-17-7-6-16-41(42)32-49(50)47-20-10-19-46(54(47)61)43-27-29-48-52(34-43)62-51-30-28-38-14-8-9-18-45(38)53(48)51/h1-34H. The molecule has 13 rings (SSSR count). The fourth-order valence-corrected chi connectivity index (χ4v) is 9.40. The summed E-state index contributed by atoms with van der Waals surface area (Å²) in [6, 6.07) is 72.8. The molecule has 0 N–H and O–H groups in total. The highest BCUT2D eigenvalue weighted by molar-refractivity contribution is 6.20. The van der Waals surface area contributed by atoms with Gasteiger partial charge < -0.3 is 4.42 Å². The van der Waals surface area contributed by atoms with E-state index in [0.717, 1.165) is 93.3 Å². The van der Waals surface area contributed by atoms with E-state index in [2.05, 4.69) is 205 Å². The van der Waals surface area contributed by atoms with E-state index < -0.39 is 0 Å². The molecular formula is C57H34N4O. The number of furan rings is 1. The van der Waals surface area contributed by atoms with Gasteiger partial charge in [0.15, 0.2) is 11.6 Å². The van der Waals surface area contributed by atoms with Crippen LogP contribution < -0.4 is 0 Å². The van der Waals surface area contributed by atoms with E-state index in [9.17, 15) is 0 Å². The Bertz CT molecular complexity index is 3920. The average Bonchev–Trinajstić information content (AvgIpc) is 3.88. The molecule has 3 aromatic heterocycles. The molecule has 62 heavy (non-hydrogen) atoms. The van der Waals surface area contributed by atoms with Gasteiger partial charge in [-0.05, 0) is 85.4 Å². The van der Waals surface area contributed by atoms with Gasteiger partial charge in [0, 0.05) is 38.2 Å². The Balaban J connectivity index is 1.08. The SMILES string of the molecule is c1ccc(-c2ccc(-c3nc(-c4ccc5ccccc5c4)nc(-n4c5cc6ccccc6cc5c5cccc(-c6ccc7c(c6)oc6ccc8ccccc8c67)c54)n3)cc2)cc1. The molecule has 0 radical (unpaired) electrons. The van der Waals surface area contributed by atoms with Crippen molar-refractivity contribution in [3.63, 3.8) is 0 Å². The van der Waals surface area contributed by atoms with E-state index in [-0.39, 0.29) is 0 Å². The first kappa shape index (κ1) is 34.5. The molecule has 0 spiro atoms. The lowest BCUT2D eigenvalue weighted by atomic mass is 9.99. The zero-order valence-corrected chi connectivity index (χ0v) is 33.3. The Morgan fingerprint density at radius 2 is 0.952 bits per heavy atom. The van der Waals surface area contributed by atoms with E-state index in [4.69, 9.17) is 19.4 Å². The van der Waals surface area contributed by atoms with Crippen LogP contribution in [0, 0.1) is 0 Å². The van der Waals surface area contributed by atoms with Crippen molar-refractivity contribution in [3.8, 4) is 51.0 Å². The largest absolute Gasteiger partial charge is 0.456 e. The fraction of sp³-hybridized carbons (Fsp3) is 0. The average molecular weight is 791 g/mol. The maximum Gasteiger partial charge on any atom is 0.238 e. The number of fused-ring (bicyclic) bond motifs is 10. The molecule has 13 aromatic rings. The molecule has 0 atom stereocenters. The summed E-state index contributed by atoms with van der Waals surface area (Å²) in [5.41, 5.74) is 9.97. The number of nitrogens with zero attached hydrogens (tertiary/aromatic N) is 4. The summed E-state index contributed by atoms with van der Waals surface area (Å²) in [5, 5.41) is 11.5. The minimum Gasteiger partial charge on any atom is -0.456 e. The predicted molar refractivity (Wildman–Crippen MR) is 256 cm³/mol. The van der Waals surface area contributed by atoms with E-state index in [1.807, 2.05) is 6.07 Å².